The van der Waals surface area contributed by atoms with Gasteiger partial charge in [0.1, 0.15) is 12.4 Å². The quantitative estimate of drug-likeness (QED) is 0.862. The van der Waals surface area contributed by atoms with Gasteiger partial charge < -0.3 is 4.90 Å². The molecule has 7 heteroatoms. The van der Waals surface area contributed by atoms with Crippen molar-refractivity contribution in [2.45, 2.75) is 13.0 Å². The van der Waals surface area contributed by atoms with Gasteiger partial charge in [-0.05, 0) is 24.1 Å². The van der Waals surface area contributed by atoms with E-state index in [1.54, 1.807) is 6.07 Å². The van der Waals surface area contributed by atoms with Crippen LogP contribution in [0.1, 0.15) is 5.56 Å². The van der Waals surface area contributed by atoms with Crippen molar-refractivity contribution in [1.82, 2.24) is 9.55 Å². The number of hydrogen-bond acceptors (Lipinski definition) is 3. The van der Waals surface area contributed by atoms with Gasteiger partial charge in [-0.15, -0.1) is 0 Å². The van der Waals surface area contributed by atoms with Gasteiger partial charge in [-0.2, -0.15) is 0 Å². The minimum atomic E-state index is -0.644. The molecule has 0 radical (unpaired) electrons. The Kier molecular flexibility index (Phi) is 3.17. The van der Waals surface area contributed by atoms with Crippen molar-refractivity contribution < 1.29 is 9.18 Å². The third kappa shape index (κ3) is 2.49. The van der Waals surface area contributed by atoms with Gasteiger partial charge in [0.2, 0.25) is 5.91 Å². The number of nitrogens with zero attached hydrogens (tertiary/aromatic N) is 2. The van der Waals surface area contributed by atoms with Gasteiger partial charge in [-0.3, -0.25) is 19.1 Å². The number of fused-ring (bicyclic) bond motifs is 1. The fourth-order valence-electron chi connectivity index (χ4n) is 2.41. The molecule has 1 aliphatic heterocycles. The minimum absolute atomic E-state index is 0.203. The Hall–Kier alpha value is -2.70. The van der Waals surface area contributed by atoms with E-state index in [1.807, 2.05) is 0 Å². The van der Waals surface area contributed by atoms with Crippen molar-refractivity contribution in [1.29, 1.82) is 0 Å². The molecular formula is C14H12FN3O3. The zero-order valence-corrected chi connectivity index (χ0v) is 11.0. The third-order valence-corrected chi connectivity index (χ3v) is 3.45. The summed E-state index contributed by atoms with van der Waals surface area (Å²) in [7, 11) is 0. The Balaban J connectivity index is 1.86. The van der Waals surface area contributed by atoms with Gasteiger partial charge in [0.25, 0.3) is 5.56 Å². The van der Waals surface area contributed by atoms with Gasteiger partial charge in [-0.25, -0.2) is 9.18 Å². The first-order valence-corrected chi connectivity index (χ1v) is 6.43. The van der Waals surface area contributed by atoms with Gasteiger partial charge in [0, 0.05) is 24.5 Å². The van der Waals surface area contributed by atoms with Crippen molar-refractivity contribution in [3.8, 4) is 0 Å². The molecule has 0 spiro atoms. The van der Waals surface area contributed by atoms with E-state index in [-0.39, 0.29) is 12.5 Å². The Morgan fingerprint density at radius 1 is 1.29 bits per heavy atom. The molecular weight excluding hydrogens is 277 g/mol. The monoisotopic (exact) mass is 289 g/mol. The highest BCUT2D eigenvalue weighted by molar-refractivity contribution is 5.95. The van der Waals surface area contributed by atoms with Crippen LogP contribution < -0.4 is 16.1 Å². The number of carbonyl (C=O) groups excluding carboxylic acids is 1. The van der Waals surface area contributed by atoms with E-state index < -0.39 is 17.1 Å². The number of nitrogens with one attached hydrogen (secondary N) is 1. The third-order valence-electron chi connectivity index (χ3n) is 3.45. The van der Waals surface area contributed by atoms with E-state index in [4.69, 9.17) is 0 Å². The number of benzene rings is 1. The first kappa shape index (κ1) is 13.3. The molecule has 1 aromatic heterocycles. The number of H-pyrrole nitrogens is 1. The highest BCUT2D eigenvalue weighted by atomic mass is 19.1. The SMILES string of the molecule is O=C(Cn1ccc(=O)[nH]c1=O)N1CCc2ccc(F)cc21. The van der Waals surface area contributed by atoms with Gasteiger partial charge in [0.15, 0.2) is 0 Å². The predicted octanol–water partition coefficient (Wildman–Crippen LogP) is 0.265. The lowest BCUT2D eigenvalue weighted by atomic mass is 10.2. The first-order chi connectivity index (χ1) is 10.0. The molecule has 108 valence electrons. The lowest BCUT2D eigenvalue weighted by molar-refractivity contribution is -0.119. The number of anilines is 1. The highest BCUT2D eigenvalue weighted by Gasteiger charge is 2.25. The van der Waals surface area contributed by atoms with E-state index in [1.165, 1.54) is 29.3 Å². The lowest BCUT2D eigenvalue weighted by Crippen LogP contribution is -2.37. The van der Waals surface area contributed by atoms with Crippen molar-refractivity contribution >= 4 is 11.6 Å². The fraction of sp³-hybridized carbons (Fsp3) is 0.214. The number of rotatable bonds is 2. The van der Waals surface area contributed by atoms with Crippen LogP contribution in [0.15, 0.2) is 40.1 Å². The maximum atomic E-state index is 13.3. The number of aromatic nitrogens is 2. The minimum Gasteiger partial charge on any atom is -0.310 e. The van der Waals surface area contributed by atoms with Crippen molar-refractivity contribution in [3.63, 3.8) is 0 Å². The van der Waals surface area contributed by atoms with Crippen LogP contribution >= 0.6 is 0 Å². The summed E-state index contributed by atoms with van der Waals surface area (Å²) >= 11 is 0. The van der Waals surface area contributed by atoms with Crippen molar-refractivity contribution in [2.75, 3.05) is 11.4 Å². The molecule has 2 heterocycles. The van der Waals surface area contributed by atoms with Gasteiger partial charge in [-0.1, -0.05) is 6.07 Å². The largest absolute Gasteiger partial charge is 0.328 e. The molecule has 0 bridgehead atoms. The average molecular weight is 289 g/mol. The van der Waals surface area contributed by atoms with Crippen LogP contribution in [-0.2, 0) is 17.8 Å². The molecule has 0 saturated heterocycles. The van der Waals surface area contributed by atoms with E-state index in [9.17, 15) is 18.8 Å². The van der Waals surface area contributed by atoms with E-state index in [2.05, 4.69) is 4.98 Å². The van der Waals surface area contributed by atoms with Crippen LogP contribution in [0, 0.1) is 5.82 Å². The predicted molar refractivity (Wildman–Crippen MR) is 73.8 cm³/mol. The second kappa shape index (κ2) is 5.01. The maximum absolute atomic E-state index is 13.3. The van der Waals surface area contributed by atoms with E-state index in [0.29, 0.717) is 18.7 Å². The summed E-state index contributed by atoms with van der Waals surface area (Å²) in [6, 6.07) is 5.51. The molecule has 2 aromatic rings. The first-order valence-electron chi connectivity index (χ1n) is 6.43. The average Bonchev–Trinajstić information content (AvgIpc) is 2.85. The Morgan fingerprint density at radius 3 is 2.86 bits per heavy atom. The normalized spacial score (nSPS) is 13.3. The van der Waals surface area contributed by atoms with Crippen LogP contribution in [0.5, 0.6) is 0 Å². The summed E-state index contributed by atoms with van der Waals surface area (Å²) in [6.45, 7) is 0.251. The second-order valence-corrected chi connectivity index (χ2v) is 4.81. The molecule has 1 N–H and O–H groups in total. The Labute approximate surface area is 118 Å². The summed E-state index contributed by atoms with van der Waals surface area (Å²) in [6.07, 6.45) is 1.92. The number of aromatic amines is 1. The second-order valence-electron chi connectivity index (χ2n) is 4.81. The summed E-state index contributed by atoms with van der Waals surface area (Å²) in [5, 5.41) is 0. The number of hydrogen-bond donors (Lipinski definition) is 1. The lowest BCUT2D eigenvalue weighted by Gasteiger charge is -2.17. The molecule has 0 aliphatic carbocycles. The fourth-order valence-corrected chi connectivity index (χ4v) is 2.41. The zero-order valence-electron chi connectivity index (χ0n) is 11.0. The van der Waals surface area contributed by atoms with Crippen molar-refractivity contribution in [2.24, 2.45) is 0 Å². The molecule has 0 fully saturated rings. The summed E-state index contributed by atoms with van der Waals surface area (Å²) in [4.78, 5) is 38.4. The van der Waals surface area contributed by atoms with Crippen LogP contribution in [0.2, 0.25) is 0 Å². The topological polar surface area (TPSA) is 75.2 Å². The molecule has 6 nitrogen and oxygen atoms in total. The molecule has 1 aromatic carbocycles. The van der Waals surface area contributed by atoms with Crippen molar-refractivity contribution in [3.05, 3.63) is 62.7 Å². The zero-order chi connectivity index (χ0) is 15.0. The molecule has 1 aliphatic rings. The Bertz CT molecular complexity index is 825. The number of carbonyl (C=O) groups is 1. The van der Waals surface area contributed by atoms with Crippen LogP contribution in [-0.4, -0.2) is 22.0 Å². The van der Waals surface area contributed by atoms with Crippen LogP contribution in [0.3, 0.4) is 0 Å². The molecule has 0 saturated carbocycles. The summed E-state index contributed by atoms with van der Waals surface area (Å²) < 4.78 is 14.4. The molecule has 3 rings (SSSR count). The molecule has 0 unspecified atom stereocenters. The van der Waals surface area contributed by atoms with E-state index >= 15 is 0 Å². The van der Waals surface area contributed by atoms with Crippen LogP contribution in [0.4, 0.5) is 10.1 Å². The Morgan fingerprint density at radius 2 is 2.10 bits per heavy atom. The standard InChI is InChI=1S/C14H12FN3O3/c15-10-2-1-9-3-6-18(11(9)7-10)13(20)8-17-5-4-12(19)16-14(17)21/h1-2,4-5,7H,3,6,8H2,(H,16,19,21). The maximum Gasteiger partial charge on any atom is 0.328 e. The van der Waals surface area contributed by atoms with Crippen LogP contribution in [0.25, 0.3) is 0 Å². The molecule has 21 heavy (non-hydrogen) atoms. The number of halogens is 1. The van der Waals surface area contributed by atoms with Gasteiger partial charge >= 0.3 is 5.69 Å². The molecule has 0 atom stereocenters. The number of amides is 1. The molecule has 1 amide bonds. The van der Waals surface area contributed by atoms with E-state index in [0.717, 1.165) is 10.1 Å². The summed E-state index contributed by atoms with van der Waals surface area (Å²) in [5.74, 6) is -0.733. The smallest absolute Gasteiger partial charge is 0.310 e. The summed E-state index contributed by atoms with van der Waals surface area (Å²) in [5.41, 5.74) is 0.280. The van der Waals surface area contributed by atoms with Gasteiger partial charge in [0.05, 0.1) is 0 Å². The highest BCUT2D eigenvalue weighted by Crippen LogP contribution is 2.28.